The number of unbranched alkanes of at least 4 members (excludes halogenated alkanes) is 1. The number of nitrogens with zero attached hydrogens (tertiary/aromatic N) is 4. The zero-order chi connectivity index (χ0) is 28.4. The van der Waals surface area contributed by atoms with Gasteiger partial charge in [-0.3, -0.25) is 14.3 Å². The highest BCUT2D eigenvalue weighted by molar-refractivity contribution is 7.91. The lowest BCUT2D eigenvalue weighted by molar-refractivity contribution is 0.348. The van der Waals surface area contributed by atoms with Crippen molar-refractivity contribution in [2.45, 2.75) is 61.8 Å². The molecule has 1 fully saturated rings. The van der Waals surface area contributed by atoms with Gasteiger partial charge in [0, 0.05) is 18.8 Å². The molecule has 5 rings (SSSR count). The number of hydrogen-bond acceptors (Lipinski definition) is 7. The van der Waals surface area contributed by atoms with E-state index in [4.69, 9.17) is 0 Å². The smallest absolute Gasteiger partial charge is 0.296 e. The monoisotopic (exact) mass is 554 g/mol. The van der Waals surface area contributed by atoms with E-state index < -0.39 is 32.2 Å². The molecule has 2 aromatic heterocycles. The summed E-state index contributed by atoms with van der Waals surface area (Å²) in [6.45, 7) is 3.93. The Morgan fingerprint density at radius 1 is 1.15 bits per heavy atom. The quantitative estimate of drug-likeness (QED) is 0.295. The highest BCUT2D eigenvalue weighted by Crippen LogP contribution is 2.46. The number of benzene rings is 2. The molecule has 1 N–H and O–H groups in total. The first-order valence-electron chi connectivity index (χ1n) is 13.4. The fourth-order valence-corrected chi connectivity index (χ4v) is 6.50. The van der Waals surface area contributed by atoms with Gasteiger partial charge in [-0.2, -0.15) is 10.2 Å². The van der Waals surface area contributed by atoms with Crippen LogP contribution in [0.2, 0.25) is 0 Å². The van der Waals surface area contributed by atoms with E-state index in [0.717, 1.165) is 41.5 Å². The molecule has 0 spiro atoms. The Labute approximate surface area is 233 Å². The molecule has 1 aliphatic rings. The van der Waals surface area contributed by atoms with Crippen molar-refractivity contribution in [3.8, 4) is 23.1 Å². The topological polar surface area (TPSA) is 126 Å². The van der Waals surface area contributed by atoms with E-state index in [-0.39, 0.29) is 10.8 Å². The van der Waals surface area contributed by atoms with Gasteiger partial charge in [-0.1, -0.05) is 37.6 Å². The van der Waals surface area contributed by atoms with Crippen molar-refractivity contribution in [1.82, 2.24) is 14.5 Å². The predicted molar refractivity (Wildman–Crippen MR) is 151 cm³/mol. The molecule has 4 aromatic rings. The largest absolute Gasteiger partial charge is 0.493 e. The minimum Gasteiger partial charge on any atom is -0.493 e. The first-order valence-corrected chi connectivity index (χ1v) is 14.8. The maximum atomic E-state index is 13.8. The van der Waals surface area contributed by atoms with Gasteiger partial charge in [0.25, 0.3) is 5.56 Å². The zero-order valence-electron chi connectivity index (χ0n) is 22.4. The number of pyridine rings is 1. The molecule has 1 aliphatic carbocycles. The lowest BCUT2D eigenvalue weighted by Gasteiger charge is -2.26. The average molecular weight is 555 g/mol. The van der Waals surface area contributed by atoms with Crippen molar-refractivity contribution >= 4 is 9.84 Å². The summed E-state index contributed by atoms with van der Waals surface area (Å²) in [6, 6.07) is 16.8. The number of sulfone groups is 1. The molecular weight excluding hydrogens is 524 g/mol. The third-order valence-electron chi connectivity index (χ3n) is 7.36. The third-order valence-corrected chi connectivity index (χ3v) is 9.14. The summed E-state index contributed by atoms with van der Waals surface area (Å²) in [5.74, 6) is -0.159. The lowest BCUT2D eigenvalue weighted by atomic mass is 9.99. The molecule has 8 nitrogen and oxygen atoms in total. The number of aromatic nitrogens is 3. The molecule has 9 heteroatoms. The predicted octanol–water partition coefficient (Wildman–Crippen LogP) is 5.37. The Kier molecular flexibility index (Phi) is 7.55. The van der Waals surface area contributed by atoms with E-state index in [1.54, 1.807) is 42.7 Å². The second-order valence-corrected chi connectivity index (χ2v) is 12.1. The molecule has 1 saturated carbocycles. The maximum absolute atomic E-state index is 13.8. The zero-order valence-corrected chi connectivity index (χ0v) is 23.2. The van der Waals surface area contributed by atoms with Crippen LogP contribution < -0.4 is 5.56 Å². The van der Waals surface area contributed by atoms with E-state index in [0.29, 0.717) is 24.2 Å². The van der Waals surface area contributed by atoms with Crippen LogP contribution in [0.5, 0.6) is 5.88 Å². The highest BCUT2D eigenvalue weighted by atomic mass is 32.2. The average Bonchev–Trinajstić information content (AvgIpc) is 3.79. The van der Waals surface area contributed by atoms with Gasteiger partial charge in [0.15, 0.2) is 4.90 Å². The van der Waals surface area contributed by atoms with Gasteiger partial charge < -0.3 is 5.11 Å². The molecule has 2 aromatic carbocycles. The second-order valence-electron chi connectivity index (χ2n) is 10.2. The van der Waals surface area contributed by atoms with Crippen molar-refractivity contribution < 1.29 is 13.5 Å². The number of hydrogen-bond donors (Lipinski definition) is 1. The standard InChI is InChI=1S/C31H30N4O4S/c1-3-4-8-27-34-30(36)29(31(37)35(27)28(23-9-10-23)24-7-5-6-21(17-24)18-32)40(38,39)25-13-11-22(12-14-25)26-15-16-33-19-20(26)2/h5-7,11-17,19,23,28,37H,3-4,8-10H2,1-2H3. The number of aromatic hydroxyl groups is 1. The summed E-state index contributed by atoms with van der Waals surface area (Å²) in [5, 5.41) is 21.1. The van der Waals surface area contributed by atoms with Crippen LogP contribution in [0.25, 0.3) is 11.1 Å². The first kappa shape index (κ1) is 27.3. The Hall–Kier alpha value is -4.29. The molecule has 0 bridgehead atoms. The summed E-state index contributed by atoms with van der Waals surface area (Å²) >= 11 is 0. The van der Waals surface area contributed by atoms with E-state index in [9.17, 15) is 23.6 Å². The van der Waals surface area contributed by atoms with Crippen LogP contribution in [-0.4, -0.2) is 28.1 Å². The van der Waals surface area contributed by atoms with Gasteiger partial charge in [-0.05, 0) is 84.7 Å². The number of rotatable bonds is 9. The summed E-state index contributed by atoms with van der Waals surface area (Å²) in [6.07, 6.45) is 7.09. The van der Waals surface area contributed by atoms with Crippen LogP contribution in [0.15, 0.2) is 81.6 Å². The first-order chi connectivity index (χ1) is 19.3. The summed E-state index contributed by atoms with van der Waals surface area (Å²) in [7, 11) is -4.41. The second kappa shape index (κ2) is 11.1. The molecule has 0 saturated heterocycles. The Balaban J connectivity index is 1.66. The normalized spacial score (nSPS) is 14.0. The lowest BCUT2D eigenvalue weighted by Crippen LogP contribution is -2.28. The van der Waals surface area contributed by atoms with Crippen molar-refractivity contribution in [1.29, 1.82) is 5.26 Å². The van der Waals surface area contributed by atoms with Gasteiger partial charge in [-0.15, -0.1) is 0 Å². The SMILES string of the molecule is CCCCc1nc(=O)c(S(=O)(=O)c2ccc(-c3ccncc3C)cc2)c(O)n1C(c1cccc(C#N)c1)C1CC1. The molecule has 40 heavy (non-hydrogen) atoms. The van der Waals surface area contributed by atoms with Crippen LogP contribution in [0, 0.1) is 24.2 Å². The van der Waals surface area contributed by atoms with Gasteiger partial charge in [0.05, 0.1) is 22.6 Å². The van der Waals surface area contributed by atoms with Crippen LogP contribution in [0.3, 0.4) is 0 Å². The fraction of sp³-hybridized carbons (Fsp3) is 0.290. The minimum absolute atomic E-state index is 0.112. The molecule has 0 radical (unpaired) electrons. The van der Waals surface area contributed by atoms with E-state index in [2.05, 4.69) is 16.0 Å². The minimum atomic E-state index is -4.41. The molecule has 204 valence electrons. The van der Waals surface area contributed by atoms with Crippen LogP contribution in [0.1, 0.15) is 61.2 Å². The maximum Gasteiger partial charge on any atom is 0.296 e. The van der Waals surface area contributed by atoms with Crippen molar-refractivity contribution in [3.63, 3.8) is 0 Å². The highest BCUT2D eigenvalue weighted by Gasteiger charge is 2.39. The van der Waals surface area contributed by atoms with Gasteiger partial charge >= 0.3 is 0 Å². The van der Waals surface area contributed by atoms with E-state index >= 15 is 0 Å². The molecular formula is C31H30N4O4S. The van der Waals surface area contributed by atoms with Crippen LogP contribution >= 0.6 is 0 Å². The van der Waals surface area contributed by atoms with Gasteiger partial charge in [0.1, 0.15) is 5.82 Å². The number of nitriles is 1. The van der Waals surface area contributed by atoms with Crippen LogP contribution in [-0.2, 0) is 16.3 Å². The molecule has 0 aliphatic heterocycles. The molecule has 1 unspecified atom stereocenters. The van der Waals surface area contributed by atoms with Gasteiger partial charge in [0.2, 0.25) is 15.7 Å². The Morgan fingerprint density at radius 3 is 2.55 bits per heavy atom. The fourth-order valence-electron chi connectivity index (χ4n) is 5.15. The van der Waals surface area contributed by atoms with Crippen molar-refractivity contribution in [2.24, 2.45) is 5.92 Å². The summed E-state index contributed by atoms with van der Waals surface area (Å²) in [4.78, 5) is 20.7. The van der Waals surface area contributed by atoms with Gasteiger partial charge in [-0.25, -0.2) is 8.42 Å². The third kappa shape index (κ3) is 5.15. The number of aryl methyl sites for hydroxylation is 2. The molecule has 2 heterocycles. The molecule has 1 atom stereocenters. The van der Waals surface area contributed by atoms with Crippen LogP contribution in [0.4, 0.5) is 0 Å². The van der Waals surface area contributed by atoms with E-state index in [1.165, 1.54) is 16.7 Å². The Morgan fingerprint density at radius 2 is 1.90 bits per heavy atom. The van der Waals surface area contributed by atoms with Crippen molar-refractivity contribution in [2.75, 3.05) is 0 Å². The Bertz CT molecular complexity index is 1770. The molecule has 0 amide bonds. The van der Waals surface area contributed by atoms with E-state index in [1.807, 2.05) is 26.0 Å². The summed E-state index contributed by atoms with van der Waals surface area (Å²) < 4.78 is 29.2. The summed E-state index contributed by atoms with van der Waals surface area (Å²) in [5.41, 5.74) is 2.91. The van der Waals surface area contributed by atoms with Crippen molar-refractivity contribution in [3.05, 3.63) is 99.9 Å².